The van der Waals surface area contributed by atoms with Crippen molar-refractivity contribution in [1.82, 2.24) is 5.43 Å². The summed E-state index contributed by atoms with van der Waals surface area (Å²) in [7, 11) is 1.56. The van der Waals surface area contributed by atoms with Gasteiger partial charge in [0.1, 0.15) is 0 Å². The summed E-state index contributed by atoms with van der Waals surface area (Å²) in [6.07, 6.45) is 0. The molecule has 0 aliphatic heterocycles. The summed E-state index contributed by atoms with van der Waals surface area (Å²) in [5, 5.41) is 11.6. The van der Waals surface area contributed by atoms with Crippen LogP contribution >= 0.6 is 0 Å². The third-order valence-electron chi connectivity index (χ3n) is 1.33. The molecule has 4 heteroatoms. The van der Waals surface area contributed by atoms with Crippen LogP contribution in [0.4, 0.5) is 11.4 Å². The van der Waals surface area contributed by atoms with Gasteiger partial charge in [0.15, 0.2) is 0 Å². The fourth-order valence-electron chi connectivity index (χ4n) is 0.739. The van der Waals surface area contributed by atoms with E-state index in [1.165, 1.54) is 0 Å². The molecule has 0 unspecified atom stereocenters. The molecule has 0 aliphatic carbocycles. The van der Waals surface area contributed by atoms with E-state index in [1.807, 2.05) is 0 Å². The van der Waals surface area contributed by atoms with Crippen molar-refractivity contribution in [3.63, 3.8) is 0 Å². The van der Waals surface area contributed by atoms with Crippen LogP contribution in [0.2, 0.25) is 0 Å². The van der Waals surface area contributed by atoms with Gasteiger partial charge in [0.2, 0.25) is 0 Å². The fourth-order valence-corrected chi connectivity index (χ4v) is 0.739. The lowest BCUT2D eigenvalue weighted by atomic mass is 10.3. The first-order valence-electron chi connectivity index (χ1n) is 3.24. The minimum absolute atomic E-state index is 0.543. The van der Waals surface area contributed by atoms with Crippen LogP contribution in [0.5, 0.6) is 0 Å². The highest BCUT2D eigenvalue weighted by atomic mass is 16.5. The number of hydrogen-bond acceptors (Lipinski definition) is 4. The SMILES string of the molecule is CNN([O-])c1ccc(N)cc1. The smallest absolute Gasteiger partial charge is 0.0406 e. The molecule has 0 aromatic heterocycles. The molecule has 0 aliphatic rings. The van der Waals surface area contributed by atoms with Gasteiger partial charge in [-0.05, 0) is 24.3 Å². The van der Waals surface area contributed by atoms with Crippen molar-refractivity contribution >= 4 is 11.4 Å². The Balaban J connectivity index is 2.81. The number of nitrogen functional groups attached to an aromatic ring is 1. The first-order valence-corrected chi connectivity index (χ1v) is 3.24. The molecule has 0 atom stereocenters. The van der Waals surface area contributed by atoms with Crippen LogP contribution in [0, 0.1) is 5.21 Å². The predicted octanol–water partition coefficient (Wildman–Crippen LogP) is 0.707. The van der Waals surface area contributed by atoms with E-state index in [9.17, 15) is 5.21 Å². The van der Waals surface area contributed by atoms with Gasteiger partial charge in [0, 0.05) is 18.4 Å². The maximum atomic E-state index is 10.9. The van der Waals surface area contributed by atoms with Crippen molar-refractivity contribution in [3.05, 3.63) is 29.5 Å². The largest absolute Gasteiger partial charge is 0.743 e. The highest BCUT2D eigenvalue weighted by Crippen LogP contribution is 2.12. The number of benzene rings is 1. The van der Waals surface area contributed by atoms with Gasteiger partial charge in [0.25, 0.3) is 0 Å². The van der Waals surface area contributed by atoms with E-state index >= 15 is 0 Å². The summed E-state index contributed by atoms with van der Waals surface area (Å²) in [6, 6.07) is 6.66. The van der Waals surface area contributed by atoms with Crippen molar-refractivity contribution in [1.29, 1.82) is 0 Å². The standard InChI is InChI=1S/C7H10N3O/c1-9-10(11)7-4-2-6(8)3-5-7/h2-5,9H,8H2,1H3/q-1. The average molecular weight is 152 g/mol. The normalized spacial score (nSPS) is 9.64. The first-order chi connectivity index (χ1) is 5.24. The van der Waals surface area contributed by atoms with Crippen LogP contribution in [0.3, 0.4) is 0 Å². The van der Waals surface area contributed by atoms with Crippen molar-refractivity contribution in [2.75, 3.05) is 18.0 Å². The van der Waals surface area contributed by atoms with Gasteiger partial charge in [-0.15, -0.1) is 0 Å². The predicted molar refractivity (Wildman–Crippen MR) is 45.8 cm³/mol. The molecule has 1 rings (SSSR count). The van der Waals surface area contributed by atoms with Crippen LogP contribution in [-0.2, 0) is 0 Å². The van der Waals surface area contributed by atoms with Gasteiger partial charge in [0.05, 0.1) is 0 Å². The van der Waals surface area contributed by atoms with Crippen molar-refractivity contribution in [2.24, 2.45) is 0 Å². The van der Waals surface area contributed by atoms with Gasteiger partial charge in [-0.1, -0.05) is 0 Å². The van der Waals surface area contributed by atoms with Gasteiger partial charge >= 0.3 is 0 Å². The molecule has 0 spiro atoms. The molecule has 3 N–H and O–H groups in total. The van der Waals surface area contributed by atoms with E-state index in [1.54, 1.807) is 31.3 Å². The number of anilines is 2. The lowest BCUT2D eigenvalue weighted by Gasteiger charge is -2.28. The maximum absolute atomic E-state index is 10.9. The van der Waals surface area contributed by atoms with E-state index in [4.69, 9.17) is 5.73 Å². The van der Waals surface area contributed by atoms with E-state index in [0.29, 0.717) is 16.5 Å². The van der Waals surface area contributed by atoms with Crippen molar-refractivity contribution in [2.45, 2.75) is 0 Å². The molecule has 0 bridgehead atoms. The van der Waals surface area contributed by atoms with Crippen LogP contribution in [-0.4, -0.2) is 7.05 Å². The second-order valence-electron chi connectivity index (χ2n) is 2.11. The van der Waals surface area contributed by atoms with Gasteiger partial charge < -0.3 is 16.1 Å². The first kappa shape index (κ1) is 7.84. The number of nitrogens with two attached hydrogens (primary N) is 1. The van der Waals surface area contributed by atoms with E-state index in [2.05, 4.69) is 5.43 Å². The lowest BCUT2D eigenvalue weighted by Crippen LogP contribution is -2.28. The minimum Gasteiger partial charge on any atom is -0.743 e. The Bertz CT molecular complexity index is 222. The highest BCUT2D eigenvalue weighted by Gasteiger charge is 1.90. The Hall–Kier alpha value is -1.26. The summed E-state index contributed by atoms with van der Waals surface area (Å²) in [6.45, 7) is 0. The number of hydrogen-bond donors (Lipinski definition) is 2. The molecule has 0 heterocycles. The Morgan fingerprint density at radius 2 is 1.91 bits per heavy atom. The van der Waals surface area contributed by atoms with Gasteiger partial charge in [-0.2, -0.15) is 0 Å². The summed E-state index contributed by atoms with van der Waals surface area (Å²) >= 11 is 0. The summed E-state index contributed by atoms with van der Waals surface area (Å²) in [4.78, 5) is 0. The molecule has 60 valence electrons. The van der Waals surface area contributed by atoms with Crippen molar-refractivity contribution in [3.8, 4) is 0 Å². The number of nitrogens with zero attached hydrogens (tertiary/aromatic N) is 1. The number of rotatable bonds is 2. The second-order valence-corrected chi connectivity index (χ2v) is 2.11. The van der Waals surface area contributed by atoms with Crippen LogP contribution in [0.1, 0.15) is 0 Å². The second kappa shape index (κ2) is 3.23. The third-order valence-corrected chi connectivity index (χ3v) is 1.33. The number of nitrogens with one attached hydrogen (secondary N) is 1. The molecular weight excluding hydrogens is 142 g/mol. The van der Waals surface area contributed by atoms with Gasteiger partial charge in [-0.3, -0.25) is 0 Å². The molecular formula is C7H10N3O-. The monoisotopic (exact) mass is 152 g/mol. The van der Waals surface area contributed by atoms with E-state index in [0.717, 1.165) is 0 Å². The zero-order valence-corrected chi connectivity index (χ0v) is 6.24. The average Bonchev–Trinajstić information content (AvgIpc) is 2.05. The maximum Gasteiger partial charge on any atom is 0.0406 e. The Kier molecular flexibility index (Phi) is 2.30. The molecule has 0 saturated carbocycles. The molecule has 4 nitrogen and oxygen atoms in total. The molecule has 0 fully saturated rings. The molecule has 11 heavy (non-hydrogen) atoms. The van der Waals surface area contributed by atoms with Crippen LogP contribution in [0.15, 0.2) is 24.3 Å². The van der Waals surface area contributed by atoms with Crippen LogP contribution < -0.4 is 16.3 Å². The van der Waals surface area contributed by atoms with Crippen LogP contribution in [0.25, 0.3) is 0 Å². The number of hydrazine groups is 1. The quantitative estimate of drug-likeness (QED) is 0.484. The Morgan fingerprint density at radius 3 is 2.36 bits per heavy atom. The van der Waals surface area contributed by atoms with Gasteiger partial charge in [-0.25, -0.2) is 5.43 Å². The summed E-state index contributed by atoms with van der Waals surface area (Å²) < 4.78 is 0. The third kappa shape index (κ3) is 1.83. The summed E-state index contributed by atoms with van der Waals surface area (Å²) in [5.74, 6) is 0. The molecule has 0 amide bonds. The van der Waals surface area contributed by atoms with Crippen molar-refractivity contribution < 1.29 is 0 Å². The van der Waals surface area contributed by atoms with E-state index < -0.39 is 0 Å². The highest BCUT2D eigenvalue weighted by molar-refractivity contribution is 5.52. The zero-order valence-electron chi connectivity index (χ0n) is 6.24. The zero-order chi connectivity index (χ0) is 8.27. The summed E-state index contributed by atoms with van der Waals surface area (Å²) in [5.41, 5.74) is 9.06. The molecule has 1 aromatic rings. The molecule has 0 saturated heterocycles. The minimum atomic E-state index is 0.543. The fraction of sp³-hybridized carbons (Fsp3) is 0.143. The topological polar surface area (TPSA) is 64.3 Å². The molecule has 0 radical (unpaired) electrons. The Morgan fingerprint density at radius 1 is 1.36 bits per heavy atom. The molecule has 1 aromatic carbocycles. The van der Waals surface area contributed by atoms with E-state index in [-0.39, 0.29) is 0 Å². The lowest BCUT2D eigenvalue weighted by molar-refractivity contribution is 0.831. The Labute approximate surface area is 65.2 Å².